The molecule has 0 fully saturated rings. The Morgan fingerprint density at radius 2 is 1.76 bits per heavy atom. The predicted molar refractivity (Wildman–Crippen MR) is 65.6 cm³/mol. The van der Waals surface area contributed by atoms with E-state index in [4.69, 9.17) is 4.74 Å². The molecule has 0 amide bonds. The first-order valence-corrected chi connectivity index (χ1v) is 7.29. The van der Waals surface area contributed by atoms with Gasteiger partial charge in [-0.1, -0.05) is 12.1 Å². The second-order valence-electron chi connectivity index (χ2n) is 4.24. The number of aliphatic hydroxyl groups excluding tert-OH is 1. The highest BCUT2D eigenvalue weighted by atomic mass is 32.2. The Hall–Kier alpha value is -0.910. The van der Waals surface area contributed by atoms with Gasteiger partial charge in [0.15, 0.2) is 9.84 Å². The summed E-state index contributed by atoms with van der Waals surface area (Å²) in [5.41, 5.74) is 0.651. The first kappa shape index (κ1) is 14.2. The van der Waals surface area contributed by atoms with Crippen molar-refractivity contribution in [2.75, 3.05) is 12.9 Å². The Balaban J connectivity index is 2.74. The normalized spacial score (nSPS) is 13.9. The second-order valence-corrected chi connectivity index (χ2v) is 6.25. The molecule has 0 aliphatic carbocycles. The molecule has 1 rings (SSSR count). The average Bonchev–Trinajstić information content (AvgIpc) is 2.25. The molecule has 0 spiro atoms. The van der Waals surface area contributed by atoms with Gasteiger partial charge in [-0.3, -0.25) is 0 Å². The van der Waals surface area contributed by atoms with Crippen molar-refractivity contribution in [1.82, 2.24) is 0 Å². The molecule has 96 valence electrons. The Labute approximate surface area is 102 Å². The van der Waals surface area contributed by atoms with E-state index in [0.29, 0.717) is 5.56 Å². The molecular weight excluding hydrogens is 240 g/mol. The van der Waals surface area contributed by atoms with Crippen LogP contribution in [0.4, 0.5) is 0 Å². The predicted octanol–water partition coefficient (Wildman–Crippen LogP) is 1.55. The molecule has 0 saturated carbocycles. The van der Waals surface area contributed by atoms with Crippen molar-refractivity contribution in [2.24, 2.45) is 0 Å². The SMILES string of the molecule is CC(C)OCC(O)c1ccc(S(C)(=O)=O)cc1. The van der Waals surface area contributed by atoms with Gasteiger partial charge in [0, 0.05) is 6.26 Å². The molecule has 0 saturated heterocycles. The van der Waals surface area contributed by atoms with Gasteiger partial charge in [0.05, 0.1) is 17.6 Å². The highest BCUT2D eigenvalue weighted by Gasteiger charge is 2.11. The fourth-order valence-electron chi connectivity index (χ4n) is 1.32. The van der Waals surface area contributed by atoms with Crippen LogP contribution in [0.3, 0.4) is 0 Å². The molecule has 1 atom stereocenters. The van der Waals surface area contributed by atoms with Crippen molar-refractivity contribution in [1.29, 1.82) is 0 Å². The summed E-state index contributed by atoms with van der Waals surface area (Å²) in [6.45, 7) is 3.98. The van der Waals surface area contributed by atoms with Crippen LogP contribution in [0, 0.1) is 0 Å². The third-order valence-corrected chi connectivity index (χ3v) is 3.41. The summed E-state index contributed by atoms with van der Waals surface area (Å²) >= 11 is 0. The Kier molecular flexibility index (Phi) is 4.68. The van der Waals surface area contributed by atoms with E-state index in [1.165, 1.54) is 12.1 Å². The first-order chi connectivity index (χ1) is 7.80. The zero-order chi connectivity index (χ0) is 13.1. The monoisotopic (exact) mass is 258 g/mol. The summed E-state index contributed by atoms with van der Waals surface area (Å²) in [5, 5.41) is 9.79. The number of sulfone groups is 1. The highest BCUT2D eigenvalue weighted by molar-refractivity contribution is 7.90. The summed E-state index contributed by atoms with van der Waals surface area (Å²) in [4.78, 5) is 0.248. The van der Waals surface area contributed by atoms with E-state index >= 15 is 0 Å². The Bertz CT molecular complexity index is 448. The Morgan fingerprint density at radius 3 is 2.18 bits per heavy atom. The van der Waals surface area contributed by atoms with Crippen LogP contribution in [0.5, 0.6) is 0 Å². The molecule has 0 radical (unpaired) electrons. The topological polar surface area (TPSA) is 63.6 Å². The number of hydrogen-bond acceptors (Lipinski definition) is 4. The quantitative estimate of drug-likeness (QED) is 0.870. The largest absolute Gasteiger partial charge is 0.386 e. The molecule has 17 heavy (non-hydrogen) atoms. The maximum Gasteiger partial charge on any atom is 0.175 e. The van der Waals surface area contributed by atoms with Crippen molar-refractivity contribution in [3.05, 3.63) is 29.8 Å². The summed E-state index contributed by atoms with van der Waals surface area (Å²) in [6.07, 6.45) is 0.478. The minimum Gasteiger partial charge on any atom is -0.386 e. The van der Waals surface area contributed by atoms with Crippen LogP contribution < -0.4 is 0 Å². The van der Waals surface area contributed by atoms with Crippen LogP contribution in [0.2, 0.25) is 0 Å². The zero-order valence-electron chi connectivity index (χ0n) is 10.3. The smallest absolute Gasteiger partial charge is 0.175 e. The summed E-state index contributed by atoms with van der Waals surface area (Å²) in [5.74, 6) is 0. The fraction of sp³-hybridized carbons (Fsp3) is 0.500. The highest BCUT2D eigenvalue weighted by Crippen LogP contribution is 2.17. The molecule has 5 heteroatoms. The number of benzene rings is 1. The molecule has 0 aromatic heterocycles. The van der Waals surface area contributed by atoms with Gasteiger partial charge in [0.1, 0.15) is 6.10 Å². The number of ether oxygens (including phenoxy) is 1. The molecule has 1 unspecified atom stereocenters. The minimum atomic E-state index is -3.18. The van der Waals surface area contributed by atoms with Crippen LogP contribution in [0.25, 0.3) is 0 Å². The van der Waals surface area contributed by atoms with Gasteiger partial charge in [-0.05, 0) is 31.5 Å². The average molecular weight is 258 g/mol. The van der Waals surface area contributed by atoms with Gasteiger partial charge in [-0.25, -0.2) is 8.42 Å². The lowest BCUT2D eigenvalue weighted by molar-refractivity contribution is 0.00491. The number of rotatable bonds is 5. The maximum atomic E-state index is 11.2. The first-order valence-electron chi connectivity index (χ1n) is 5.40. The van der Waals surface area contributed by atoms with Gasteiger partial charge in [0.25, 0.3) is 0 Å². The summed E-state index contributed by atoms with van der Waals surface area (Å²) in [6, 6.07) is 6.18. The third kappa shape index (κ3) is 4.46. The number of hydrogen-bond donors (Lipinski definition) is 1. The lowest BCUT2D eigenvalue weighted by Crippen LogP contribution is -2.12. The fourth-order valence-corrected chi connectivity index (χ4v) is 1.95. The molecule has 4 nitrogen and oxygen atoms in total. The molecule has 1 N–H and O–H groups in total. The van der Waals surface area contributed by atoms with Crippen LogP contribution in [0.1, 0.15) is 25.5 Å². The van der Waals surface area contributed by atoms with Crippen molar-refractivity contribution < 1.29 is 18.3 Å². The molecule has 0 aliphatic rings. The van der Waals surface area contributed by atoms with E-state index in [0.717, 1.165) is 6.26 Å². The maximum absolute atomic E-state index is 11.2. The van der Waals surface area contributed by atoms with E-state index in [1.54, 1.807) is 12.1 Å². The molecule has 1 aromatic carbocycles. The Morgan fingerprint density at radius 1 is 1.24 bits per heavy atom. The standard InChI is InChI=1S/C12H18O4S/c1-9(2)16-8-12(13)10-4-6-11(7-5-10)17(3,14)15/h4-7,9,12-13H,8H2,1-3H3. The minimum absolute atomic E-state index is 0.0555. The van der Waals surface area contributed by atoms with Crippen LogP contribution in [-0.2, 0) is 14.6 Å². The van der Waals surface area contributed by atoms with Crippen LogP contribution >= 0.6 is 0 Å². The zero-order valence-corrected chi connectivity index (χ0v) is 11.1. The summed E-state index contributed by atoms with van der Waals surface area (Å²) in [7, 11) is -3.18. The van der Waals surface area contributed by atoms with Crippen LogP contribution in [0.15, 0.2) is 29.2 Å². The van der Waals surface area contributed by atoms with Crippen LogP contribution in [-0.4, -0.2) is 32.5 Å². The molecule has 0 heterocycles. The molecular formula is C12H18O4S. The van der Waals surface area contributed by atoms with Gasteiger partial charge in [-0.15, -0.1) is 0 Å². The van der Waals surface area contributed by atoms with E-state index in [9.17, 15) is 13.5 Å². The van der Waals surface area contributed by atoms with Crippen molar-refractivity contribution in [2.45, 2.75) is 31.0 Å². The van der Waals surface area contributed by atoms with E-state index in [2.05, 4.69) is 0 Å². The summed E-state index contributed by atoms with van der Waals surface area (Å²) < 4.78 is 27.8. The van der Waals surface area contributed by atoms with E-state index in [-0.39, 0.29) is 17.6 Å². The lowest BCUT2D eigenvalue weighted by Gasteiger charge is -2.14. The van der Waals surface area contributed by atoms with Gasteiger partial charge in [0.2, 0.25) is 0 Å². The second kappa shape index (κ2) is 5.62. The molecule has 0 aliphatic heterocycles. The van der Waals surface area contributed by atoms with Gasteiger partial charge in [-0.2, -0.15) is 0 Å². The van der Waals surface area contributed by atoms with Gasteiger partial charge >= 0.3 is 0 Å². The lowest BCUT2D eigenvalue weighted by atomic mass is 10.1. The van der Waals surface area contributed by atoms with Crippen molar-refractivity contribution in [3.8, 4) is 0 Å². The van der Waals surface area contributed by atoms with Gasteiger partial charge < -0.3 is 9.84 Å². The molecule has 1 aromatic rings. The molecule has 0 bridgehead atoms. The van der Waals surface area contributed by atoms with Crippen molar-refractivity contribution >= 4 is 9.84 Å². The third-order valence-electron chi connectivity index (χ3n) is 2.28. The van der Waals surface area contributed by atoms with Crippen molar-refractivity contribution in [3.63, 3.8) is 0 Å². The number of aliphatic hydroxyl groups is 1. The van der Waals surface area contributed by atoms with E-state index in [1.807, 2.05) is 13.8 Å². The van der Waals surface area contributed by atoms with E-state index < -0.39 is 15.9 Å².